The van der Waals surface area contributed by atoms with E-state index in [2.05, 4.69) is 10.2 Å². The summed E-state index contributed by atoms with van der Waals surface area (Å²) in [6.45, 7) is 0. The van der Waals surface area contributed by atoms with Crippen molar-refractivity contribution in [1.29, 1.82) is 0 Å². The Morgan fingerprint density at radius 1 is 0.889 bits per heavy atom. The zero-order chi connectivity index (χ0) is 12.4. The molecule has 0 radical (unpaired) electrons. The molecule has 2 aromatic carbocycles. The molecule has 0 saturated carbocycles. The number of rotatable bonds is 2. The highest BCUT2D eigenvalue weighted by Crippen LogP contribution is 2.33. The van der Waals surface area contributed by atoms with Crippen molar-refractivity contribution in [2.24, 2.45) is 5.18 Å². The van der Waals surface area contributed by atoms with Gasteiger partial charge in [0.15, 0.2) is 0 Å². The molecule has 0 amide bonds. The molecule has 3 heteroatoms. The van der Waals surface area contributed by atoms with Gasteiger partial charge in [0.2, 0.25) is 0 Å². The lowest BCUT2D eigenvalue weighted by Crippen LogP contribution is -1.82. The number of nitroso groups, excluding NO2 is 1. The SMILES string of the molecule is O=Nc1ccc(-c2ccccc2)c2ccncc12. The van der Waals surface area contributed by atoms with E-state index < -0.39 is 0 Å². The lowest BCUT2D eigenvalue weighted by atomic mass is 9.99. The molecule has 3 aromatic rings. The first kappa shape index (κ1) is 10.6. The third-order valence-electron chi connectivity index (χ3n) is 2.98. The van der Waals surface area contributed by atoms with Gasteiger partial charge >= 0.3 is 0 Å². The van der Waals surface area contributed by atoms with Crippen LogP contribution >= 0.6 is 0 Å². The Labute approximate surface area is 104 Å². The number of nitrogens with zero attached hydrogens (tertiary/aromatic N) is 2. The van der Waals surface area contributed by atoms with Crippen molar-refractivity contribution < 1.29 is 0 Å². The van der Waals surface area contributed by atoms with Crippen LogP contribution in [0.15, 0.2) is 66.1 Å². The van der Waals surface area contributed by atoms with E-state index in [4.69, 9.17) is 0 Å². The van der Waals surface area contributed by atoms with Gasteiger partial charge in [-0.15, -0.1) is 4.91 Å². The summed E-state index contributed by atoms with van der Waals surface area (Å²) >= 11 is 0. The Kier molecular flexibility index (Phi) is 2.57. The molecule has 1 aromatic heterocycles. The molecule has 0 fully saturated rings. The molecule has 86 valence electrons. The molecule has 0 saturated heterocycles. The molecule has 0 spiro atoms. The Hall–Kier alpha value is -2.55. The number of benzene rings is 2. The first-order valence-electron chi connectivity index (χ1n) is 5.65. The third kappa shape index (κ3) is 1.66. The monoisotopic (exact) mass is 234 g/mol. The minimum absolute atomic E-state index is 0.429. The van der Waals surface area contributed by atoms with Crippen LogP contribution in [0.2, 0.25) is 0 Å². The maximum atomic E-state index is 10.8. The van der Waals surface area contributed by atoms with Crippen molar-refractivity contribution in [2.75, 3.05) is 0 Å². The van der Waals surface area contributed by atoms with Gasteiger partial charge in [-0.05, 0) is 33.8 Å². The number of hydrogen-bond acceptors (Lipinski definition) is 3. The van der Waals surface area contributed by atoms with Crippen LogP contribution in [0.25, 0.3) is 21.9 Å². The van der Waals surface area contributed by atoms with E-state index in [0.29, 0.717) is 5.69 Å². The summed E-state index contributed by atoms with van der Waals surface area (Å²) in [4.78, 5) is 14.8. The Bertz CT molecular complexity index is 708. The molecule has 1 heterocycles. The van der Waals surface area contributed by atoms with Crippen molar-refractivity contribution >= 4 is 16.5 Å². The van der Waals surface area contributed by atoms with E-state index >= 15 is 0 Å². The van der Waals surface area contributed by atoms with Gasteiger partial charge in [-0.1, -0.05) is 36.4 Å². The summed E-state index contributed by atoms with van der Waals surface area (Å²) in [6.07, 6.45) is 3.40. The Balaban J connectivity index is 2.35. The Morgan fingerprint density at radius 2 is 1.72 bits per heavy atom. The number of fused-ring (bicyclic) bond motifs is 1. The van der Waals surface area contributed by atoms with Gasteiger partial charge in [-0.25, -0.2) is 0 Å². The summed E-state index contributed by atoms with van der Waals surface area (Å²) in [5.74, 6) is 0. The minimum Gasteiger partial charge on any atom is -0.264 e. The molecule has 0 aliphatic rings. The largest absolute Gasteiger partial charge is 0.264 e. The highest BCUT2D eigenvalue weighted by atomic mass is 16.3. The summed E-state index contributed by atoms with van der Waals surface area (Å²) in [5, 5.41) is 4.82. The van der Waals surface area contributed by atoms with Crippen LogP contribution in [0.1, 0.15) is 0 Å². The molecule has 0 unspecified atom stereocenters. The van der Waals surface area contributed by atoms with E-state index in [9.17, 15) is 4.91 Å². The van der Waals surface area contributed by atoms with E-state index in [1.807, 2.05) is 42.5 Å². The molecule has 0 atom stereocenters. The standard InChI is InChI=1S/C15H10N2O/c18-17-15-7-6-12(11-4-2-1-3-5-11)13-8-9-16-10-14(13)15/h1-10H. The summed E-state index contributed by atoms with van der Waals surface area (Å²) in [5.41, 5.74) is 2.63. The van der Waals surface area contributed by atoms with Crippen LogP contribution < -0.4 is 0 Å². The predicted molar refractivity (Wildman–Crippen MR) is 72.6 cm³/mol. The van der Waals surface area contributed by atoms with Gasteiger partial charge in [0.1, 0.15) is 5.69 Å². The fourth-order valence-electron chi connectivity index (χ4n) is 2.12. The van der Waals surface area contributed by atoms with E-state index in [0.717, 1.165) is 21.9 Å². The topological polar surface area (TPSA) is 42.3 Å². The smallest absolute Gasteiger partial charge is 0.117 e. The van der Waals surface area contributed by atoms with Crippen LogP contribution in [-0.4, -0.2) is 4.98 Å². The van der Waals surface area contributed by atoms with E-state index in [1.165, 1.54) is 0 Å². The first-order chi connectivity index (χ1) is 8.90. The van der Waals surface area contributed by atoms with Gasteiger partial charge in [-0.2, -0.15) is 0 Å². The predicted octanol–water partition coefficient (Wildman–Crippen LogP) is 4.30. The van der Waals surface area contributed by atoms with Crippen LogP contribution in [-0.2, 0) is 0 Å². The van der Waals surface area contributed by atoms with Crippen LogP contribution in [0, 0.1) is 4.91 Å². The average molecular weight is 234 g/mol. The maximum Gasteiger partial charge on any atom is 0.117 e. The second-order valence-corrected chi connectivity index (χ2v) is 4.01. The highest BCUT2D eigenvalue weighted by molar-refractivity contribution is 6.02. The molecule has 0 bridgehead atoms. The second kappa shape index (κ2) is 4.37. The van der Waals surface area contributed by atoms with Crippen molar-refractivity contribution in [3.8, 4) is 11.1 Å². The van der Waals surface area contributed by atoms with E-state index in [1.54, 1.807) is 18.5 Å². The fourth-order valence-corrected chi connectivity index (χ4v) is 2.12. The molecule has 0 aliphatic carbocycles. The van der Waals surface area contributed by atoms with Crippen molar-refractivity contribution in [2.45, 2.75) is 0 Å². The average Bonchev–Trinajstić information content (AvgIpc) is 2.47. The second-order valence-electron chi connectivity index (χ2n) is 4.01. The molecule has 0 N–H and O–H groups in total. The highest BCUT2D eigenvalue weighted by Gasteiger charge is 2.07. The zero-order valence-corrected chi connectivity index (χ0v) is 9.58. The van der Waals surface area contributed by atoms with Gasteiger partial charge < -0.3 is 0 Å². The number of aromatic nitrogens is 1. The fraction of sp³-hybridized carbons (Fsp3) is 0. The first-order valence-corrected chi connectivity index (χ1v) is 5.65. The van der Waals surface area contributed by atoms with Crippen LogP contribution in [0.5, 0.6) is 0 Å². The quantitative estimate of drug-likeness (QED) is 0.620. The van der Waals surface area contributed by atoms with Gasteiger partial charge in [0, 0.05) is 17.8 Å². The number of pyridine rings is 1. The lowest BCUT2D eigenvalue weighted by Gasteiger charge is -2.07. The van der Waals surface area contributed by atoms with Crippen molar-refractivity contribution in [1.82, 2.24) is 4.98 Å². The summed E-state index contributed by atoms with van der Waals surface area (Å²) in [7, 11) is 0. The molecule has 3 rings (SSSR count). The maximum absolute atomic E-state index is 10.8. The molecule has 0 aliphatic heterocycles. The Morgan fingerprint density at radius 3 is 2.50 bits per heavy atom. The minimum atomic E-state index is 0.429. The van der Waals surface area contributed by atoms with Crippen molar-refractivity contribution in [3.05, 3.63) is 65.8 Å². The van der Waals surface area contributed by atoms with Gasteiger partial charge in [0.05, 0.1) is 0 Å². The van der Waals surface area contributed by atoms with Crippen LogP contribution in [0.4, 0.5) is 5.69 Å². The zero-order valence-electron chi connectivity index (χ0n) is 9.58. The van der Waals surface area contributed by atoms with Gasteiger partial charge in [0.25, 0.3) is 0 Å². The third-order valence-corrected chi connectivity index (χ3v) is 2.98. The molecule has 18 heavy (non-hydrogen) atoms. The summed E-state index contributed by atoms with van der Waals surface area (Å²) in [6, 6.07) is 15.6. The van der Waals surface area contributed by atoms with E-state index in [-0.39, 0.29) is 0 Å². The van der Waals surface area contributed by atoms with Crippen LogP contribution in [0.3, 0.4) is 0 Å². The van der Waals surface area contributed by atoms with Crippen molar-refractivity contribution in [3.63, 3.8) is 0 Å². The summed E-state index contributed by atoms with van der Waals surface area (Å²) < 4.78 is 0. The normalized spacial score (nSPS) is 10.4. The molecular weight excluding hydrogens is 224 g/mol. The molecule has 3 nitrogen and oxygen atoms in total. The number of hydrogen-bond donors (Lipinski definition) is 0. The van der Waals surface area contributed by atoms with Gasteiger partial charge in [-0.3, -0.25) is 4.98 Å². The molecular formula is C15H10N2O. The lowest BCUT2D eigenvalue weighted by molar-refractivity contribution is 1.36.